The van der Waals surface area contributed by atoms with E-state index in [2.05, 4.69) is 11.8 Å². The highest BCUT2D eigenvalue weighted by Crippen LogP contribution is 2.26. The maximum Gasteiger partial charge on any atom is 0.257 e. The zero-order chi connectivity index (χ0) is 20.4. The van der Waals surface area contributed by atoms with Crippen molar-refractivity contribution in [1.82, 2.24) is 19.6 Å². The van der Waals surface area contributed by atoms with Gasteiger partial charge in [-0.3, -0.25) is 4.79 Å². The lowest BCUT2D eigenvalue weighted by atomic mass is 10.0. The number of carbonyl (C=O) groups is 1. The van der Waals surface area contributed by atoms with Crippen molar-refractivity contribution in [1.29, 1.82) is 0 Å². The number of hydrogen-bond donors (Lipinski definition) is 0. The van der Waals surface area contributed by atoms with Crippen LogP contribution in [0.4, 0.5) is 4.39 Å². The molecule has 1 amide bonds. The maximum atomic E-state index is 13.4. The van der Waals surface area contributed by atoms with Crippen LogP contribution in [0.2, 0.25) is 0 Å². The zero-order valence-electron chi connectivity index (χ0n) is 16.8. The fraction of sp³-hybridized carbons (Fsp3) is 0.304. The molecule has 0 spiro atoms. The fourth-order valence-electron chi connectivity index (χ4n) is 3.70. The molecule has 150 valence electrons. The summed E-state index contributed by atoms with van der Waals surface area (Å²) < 4.78 is 15.0. The highest BCUT2D eigenvalue weighted by atomic mass is 19.1. The molecule has 2 aromatic carbocycles. The second-order valence-electron chi connectivity index (χ2n) is 7.41. The Bertz CT molecular complexity index is 1000. The van der Waals surface area contributed by atoms with E-state index >= 15 is 0 Å². The van der Waals surface area contributed by atoms with Gasteiger partial charge in [0.2, 0.25) is 0 Å². The number of hydrogen-bond acceptors (Lipinski definition) is 3. The zero-order valence-corrected chi connectivity index (χ0v) is 16.8. The molecular weight excluding hydrogens is 367 g/mol. The van der Waals surface area contributed by atoms with Crippen molar-refractivity contribution in [3.05, 3.63) is 71.7 Å². The Labute approximate surface area is 170 Å². The van der Waals surface area contributed by atoms with E-state index in [1.54, 1.807) is 23.0 Å². The third-order valence-electron chi connectivity index (χ3n) is 5.43. The molecule has 1 fully saturated rings. The second-order valence-corrected chi connectivity index (χ2v) is 7.41. The Morgan fingerprint density at radius 2 is 1.79 bits per heavy atom. The van der Waals surface area contributed by atoms with Gasteiger partial charge in [-0.1, -0.05) is 30.7 Å². The van der Waals surface area contributed by atoms with E-state index in [1.165, 1.54) is 12.1 Å². The Balaban J connectivity index is 1.73. The lowest BCUT2D eigenvalue weighted by molar-refractivity contribution is 0.0644. The van der Waals surface area contributed by atoms with Gasteiger partial charge >= 0.3 is 0 Å². The van der Waals surface area contributed by atoms with Crippen molar-refractivity contribution in [2.24, 2.45) is 0 Å². The molecule has 1 aromatic heterocycles. The first-order chi connectivity index (χ1) is 14.0. The summed E-state index contributed by atoms with van der Waals surface area (Å²) in [5, 5.41) is 4.70. The van der Waals surface area contributed by atoms with Crippen LogP contribution in [0, 0.1) is 12.7 Å². The monoisotopic (exact) mass is 392 g/mol. The molecule has 6 heteroatoms. The largest absolute Gasteiger partial charge is 0.336 e. The predicted molar refractivity (Wildman–Crippen MR) is 112 cm³/mol. The van der Waals surface area contributed by atoms with Crippen LogP contribution in [0.5, 0.6) is 0 Å². The quantitative estimate of drug-likeness (QED) is 0.679. The Kier molecular flexibility index (Phi) is 5.45. The van der Waals surface area contributed by atoms with Gasteiger partial charge < -0.3 is 9.80 Å². The van der Waals surface area contributed by atoms with E-state index in [4.69, 9.17) is 5.10 Å². The molecule has 0 N–H and O–H groups in total. The van der Waals surface area contributed by atoms with E-state index in [0.29, 0.717) is 24.3 Å². The number of likely N-dealkylation sites (N-methyl/N-ethyl adjacent to an activating group) is 1. The molecular formula is C23H25FN4O. The van der Waals surface area contributed by atoms with Gasteiger partial charge in [-0.15, -0.1) is 0 Å². The maximum absolute atomic E-state index is 13.4. The van der Waals surface area contributed by atoms with Gasteiger partial charge in [-0.05, 0) is 43.8 Å². The van der Waals surface area contributed by atoms with Crippen LogP contribution in [0.25, 0.3) is 16.9 Å². The summed E-state index contributed by atoms with van der Waals surface area (Å²) in [4.78, 5) is 17.6. The molecule has 5 nitrogen and oxygen atoms in total. The summed E-state index contributed by atoms with van der Waals surface area (Å²) >= 11 is 0. The van der Waals surface area contributed by atoms with E-state index in [1.807, 2.05) is 36.1 Å². The van der Waals surface area contributed by atoms with E-state index in [-0.39, 0.29) is 11.7 Å². The van der Waals surface area contributed by atoms with Gasteiger partial charge in [-0.25, -0.2) is 9.07 Å². The van der Waals surface area contributed by atoms with Gasteiger partial charge in [0.15, 0.2) is 0 Å². The molecule has 0 atom stereocenters. The minimum absolute atomic E-state index is 0.00868. The molecule has 1 saturated heterocycles. The molecule has 0 saturated carbocycles. The van der Waals surface area contributed by atoms with Crippen LogP contribution in [-0.4, -0.2) is 58.2 Å². The topological polar surface area (TPSA) is 41.4 Å². The smallest absolute Gasteiger partial charge is 0.257 e. The van der Waals surface area contributed by atoms with Crippen molar-refractivity contribution in [3.63, 3.8) is 0 Å². The summed E-state index contributed by atoms with van der Waals surface area (Å²) in [6.45, 7) is 8.34. The van der Waals surface area contributed by atoms with Gasteiger partial charge in [0.25, 0.3) is 5.91 Å². The number of rotatable bonds is 4. The van der Waals surface area contributed by atoms with Gasteiger partial charge in [-0.2, -0.15) is 5.10 Å². The molecule has 29 heavy (non-hydrogen) atoms. The Morgan fingerprint density at radius 1 is 1.07 bits per heavy atom. The highest BCUT2D eigenvalue weighted by molar-refractivity contribution is 6.00. The van der Waals surface area contributed by atoms with Crippen LogP contribution in [0.1, 0.15) is 22.8 Å². The molecule has 0 unspecified atom stereocenters. The van der Waals surface area contributed by atoms with Gasteiger partial charge in [0, 0.05) is 37.9 Å². The van der Waals surface area contributed by atoms with Crippen LogP contribution in [-0.2, 0) is 0 Å². The SMILES string of the molecule is CCN1CCN(C(=O)c2cn(-c3ccc(F)cc3)nc2-c2cccc(C)c2)CC1. The summed E-state index contributed by atoms with van der Waals surface area (Å²) in [5.41, 5.74) is 3.95. The molecule has 4 rings (SSSR count). The lowest BCUT2D eigenvalue weighted by Crippen LogP contribution is -2.48. The number of nitrogens with zero attached hydrogens (tertiary/aromatic N) is 4. The number of amides is 1. The molecule has 2 heterocycles. The van der Waals surface area contributed by atoms with Gasteiger partial charge in [0.05, 0.1) is 11.3 Å². The summed E-state index contributed by atoms with van der Waals surface area (Å²) in [6, 6.07) is 14.1. The molecule has 0 bridgehead atoms. The van der Waals surface area contributed by atoms with E-state index in [9.17, 15) is 9.18 Å². The molecule has 3 aromatic rings. The summed E-state index contributed by atoms with van der Waals surface area (Å²) in [7, 11) is 0. The van der Waals surface area contributed by atoms with E-state index < -0.39 is 0 Å². The van der Waals surface area contributed by atoms with E-state index in [0.717, 1.165) is 36.4 Å². The third-order valence-corrected chi connectivity index (χ3v) is 5.43. The van der Waals surface area contributed by atoms with Crippen LogP contribution in [0.15, 0.2) is 54.7 Å². The number of benzene rings is 2. The van der Waals surface area contributed by atoms with Gasteiger partial charge in [0.1, 0.15) is 11.5 Å². The highest BCUT2D eigenvalue weighted by Gasteiger charge is 2.26. The number of piperazine rings is 1. The minimum Gasteiger partial charge on any atom is -0.336 e. The number of halogens is 1. The standard InChI is InChI=1S/C23H25FN4O/c1-3-26-11-13-27(14-12-26)23(29)21-16-28(20-9-7-19(24)8-10-20)25-22(21)18-6-4-5-17(2)15-18/h4-10,15-16H,3,11-14H2,1-2H3. The van der Waals surface area contributed by atoms with Crippen molar-refractivity contribution in [2.75, 3.05) is 32.7 Å². The number of carbonyl (C=O) groups excluding carboxylic acids is 1. The minimum atomic E-state index is -0.301. The first-order valence-corrected chi connectivity index (χ1v) is 9.99. The lowest BCUT2D eigenvalue weighted by Gasteiger charge is -2.34. The first-order valence-electron chi connectivity index (χ1n) is 9.99. The molecule has 1 aliphatic rings. The molecule has 0 aliphatic carbocycles. The van der Waals surface area contributed by atoms with Crippen molar-refractivity contribution in [2.45, 2.75) is 13.8 Å². The van der Waals surface area contributed by atoms with Crippen molar-refractivity contribution < 1.29 is 9.18 Å². The predicted octanol–water partition coefficient (Wildman–Crippen LogP) is 3.76. The molecule has 0 radical (unpaired) electrons. The number of aryl methyl sites for hydroxylation is 1. The Hall–Kier alpha value is -2.99. The number of aromatic nitrogens is 2. The summed E-state index contributed by atoms with van der Waals surface area (Å²) in [6.07, 6.45) is 1.76. The Morgan fingerprint density at radius 3 is 2.45 bits per heavy atom. The normalized spacial score (nSPS) is 14.9. The van der Waals surface area contributed by atoms with Crippen LogP contribution < -0.4 is 0 Å². The molecule has 1 aliphatic heterocycles. The van der Waals surface area contributed by atoms with Crippen LogP contribution >= 0.6 is 0 Å². The first kappa shape index (κ1) is 19.3. The van der Waals surface area contributed by atoms with Crippen molar-refractivity contribution >= 4 is 5.91 Å². The average molecular weight is 392 g/mol. The fourth-order valence-corrected chi connectivity index (χ4v) is 3.70. The van der Waals surface area contributed by atoms with Crippen molar-refractivity contribution in [3.8, 4) is 16.9 Å². The second kappa shape index (κ2) is 8.17. The van der Waals surface area contributed by atoms with Crippen LogP contribution in [0.3, 0.4) is 0 Å². The summed E-state index contributed by atoms with van der Waals surface area (Å²) in [5.74, 6) is -0.310. The average Bonchev–Trinajstić information content (AvgIpc) is 3.19. The third kappa shape index (κ3) is 4.07.